The second-order valence-electron chi connectivity index (χ2n) is 12.3. The number of guanidine groups is 2. The van der Waals surface area contributed by atoms with Gasteiger partial charge in [0, 0.05) is 31.6 Å². The van der Waals surface area contributed by atoms with Gasteiger partial charge in [0.15, 0.2) is 11.9 Å². The van der Waals surface area contributed by atoms with Crippen LogP contribution in [0.5, 0.6) is 0 Å². The minimum atomic E-state index is -1.03. The Bertz CT molecular complexity index is 1380. The van der Waals surface area contributed by atoms with E-state index in [4.69, 9.17) is 34.1 Å². The summed E-state index contributed by atoms with van der Waals surface area (Å²) in [7, 11) is 0. The zero-order valence-electron chi connectivity index (χ0n) is 30.1. The summed E-state index contributed by atoms with van der Waals surface area (Å²) >= 11 is 0. The fourth-order valence-corrected chi connectivity index (χ4v) is 4.75. The van der Waals surface area contributed by atoms with Crippen LogP contribution in [0.25, 0.3) is 0 Å². The second-order valence-corrected chi connectivity index (χ2v) is 12.3. The number of nitrogen functional groups attached to an aromatic ring is 1. The molecule has 0 aliphatic carbocycles. The second kappa shape index (κ2) is 24.7. The van der Waals surface area contributed by atoms with Gasteiger partial charge in [-0.15, -0.1) is 0 Å². The van der Waals surface area contributed by atoms with Crippen molar-refractivity contribution in [3.63, 3.8) is 0 Å². The Kier molecular flexibility index (Phi) is 21.1. The number of nitrogens with zero attached hydrogens (tertiary/aromatic N) is 2. The number of amidine groups is 1. The summed E-state index contributed by atoms with van der Waals surface area (Å²) in [5.41, 5.74) is 28.6. The minimum Gasteiger partial charge on any atom is -0.384 e. The van der Waals surface area contributed by atoms with Gasteiger partial charge in [-0.3, -0.25) is 34.6 Å². The average Bonchev–Trinajstić information content (AvgIpc) is 3.07. The predicted molar refractivity (Wildman–Crippen MR) is 202 cm³/mol. The van der Waals surface area contributed by atoms with Gasteiger partial charge in [-0.05, 0) is 56.4 Å². The monoisotopic (exact) mass is 710 g/mol. The van der Waals surface area contributed by atoms with Crippen LogP contribution >= 0.6 is 0 Å². The summed E-state index contributed by atoms with van der Waals surface area (Å²) in [6.45, 7) is 6.23. The van der Waals surface area contributed by atoms with E-state index >= 15 is 0 Å². The van der Waals surface area contributed by atoms with Crippen LogP contribution in [0.1, 0.15) is 83.3 Å². The zero-order chi connectivity index (χ0) is 38.2. The highest BCUT2D eigenvalue weighted by atomic mass is 16.2. The molecule has 1 unspecified atom stereocenters. The van der Waals surface area contributed by atoms with Crippen molar-refractivity contribution < 1.29 is 19.2 Å². The van der Waals surface area contributed by atoms with E-state index < -0.39 is 35.8 Å². The lowest BCUT2D eigenvalue weighted by Crippen LogP contribution is -2.58. The van der Waals surface area contributed by atoms with Crippen LogP contribution < -0.4 is 49.9 Å². The highest BCUT2D eigenvalue weighted by molar-refractivity contribution is 5.95. The lowest BCUT2D eigenvalue weighted by Gasteiger charge is -2.27. The molecule has 16 nitrogen and oxygen atoms in total. The van der Waals surface area contributed by atoms with Crippen LogP contribution in [0.2, 0.25) is 0 Å². The van der Waals surface area contributed by atoms with E-state index in [9.17, 15) is 19.2 Å². The number of amides is 4. The molecule has 0 saturated heterocycles. The van der Waals surface area contributed by atoms with Gasteiger partial charge in [0.05, 0.1) is 0 Å². The first kappa shape index (κ1) is 43.6. The molecule has 16 heteroatoms. The normalized spacial score (nSPS) is 12.9. The lowest BCUT2D eigenvalue weighted by molar-refractivity contribution is -0.134. The van der Waals surface area contributed by atoms with Crippen LogP contribution in [0.15, 0.2) is 58.6 Å². The Labute approximate surface area is 301 Å². The molecule has 1 aromatic carbocycles. The topological polar surface area (TPSA) is 295 Å². The van der Waals surface area contributed by atoms with E-state index in [0.29, 0.717) is 24.8 Å². The maximum absolute atomic E-state index is 13.6. The van der Waals surface area contributed by atoms with E-state index in [1.165, 1.54) is 0 Å². The maximum atomic E-state index is 13.6. The fourth-order valence-electron chi connectivity index (χ4n) is 4.75. The molecule has 0 aromatic heterocycles. The first-order valence-electron chi connectivity index (χ1n) is 17.3. The molecule has 1 rings (SSSR count). The van der Waals surface area contributed by atoms with Crippen LogP contribution in [0, 0.1) is 11.3 Å². The van der Waals surface area contributed by atoms with Gasteiger partial charge in [0.2, 0.25) is 23.6 Å². The number of benzene rings is 1. The van der Waals surface area contributed by atoms with Crippen molar-refractivity contribution in [2.45, 2.75) is 96.8 Å². The van der Waals surface area contributed by atoms with Crippen molar-refractivity contribution in [1.82, 2.24) is 21.3 Å². The highest BCUT2D eigenvalue weighted by Crippen LogP contribution is 2.09. The largest absolute Gasteiger partial charge is 0.384 e. The molecule has 0 saturated carbocycles. The number of hydrogen-bond acceptors (Lipinski definition) is 7. The Hall–Kier alpha value is -5.41. The molecule has 0 bridgehead atoms. The van der Waals surface area contributed by atoms with Gasteiger partial charge in [-0.1, -0.05) is 69.3 Å². The molecule has 4 amide bonds. The highest BCUT2D eigenvalue weighted by Gasteiger charge is 2.31. The summed E-state index contributed by atoms with van der Waals surface area (Å²) in [5.74, 6) is -2.50. The molecule has 0 radical (unpaired) electrons. The van der Waals surface area contributed by atoms with Gasteiger partial charge < -0.3 is 49.9 Å². The van der Waals surface area contributed by atoms with Crippen LogP contribution in [-0.4, -0.2) is 72.6 Å². The zero-order valence-corrected chi connectivity index (χ0v) is 30.1. The number of rotatable bonds is 24. The molecular weight excluding hydrogens is 652 g/mol. The fraction of sp³-hybridized carbons (Fsp3) is 0.514. The van der Waals surface area contributed by atoms with Gasteiger partial charge >= 0.3 is 0 Å². The summed E-state index contributed by atoms with van der Waals surface area (Å²) in [4.78, 5) is 61.3. The maximum Gasteiger partial charge on any atom is 0.243 e. The number of aliphatic imine (C=N–C) groups is 2. The van der Waals surface area contributed by atoms with Crippen LogP contribution in [-0.2, 0) is 25.7 Å². The summed E-state index contributed by atoms with van der Waals surface area (Å²) in [6.07, 6.45) is 11.6. The summed E-state index contributed by atoms with van der Waals surface area (Å²) < 4.78 is 0. The Morgan fingerprint density at radius 3 is 1.86 bits per heavy atom. The molecular formula is C35H58N12O4. The molecule has 15 N–H and O–H groups in total. The minimum absolute atomic E-state index is 0.0699. The van der Waals surface area contributed by atoms with E-state index in [1.54, 1.807) is 38.1 Å². The predicted octanol–water partition coefficient (Wildman–Crippen LogP) is 0.497. The molecule has 0 aliphatic rings. The molecule has 0 spiro atoms. The molecule has 51 heavy (non-hydrogen) atoms. The van der Waals surface area contributed by atoms with E-state index in [2.05, 4.69) is 44.3 Å². The first-order chi connectivity index (χ1) is 24.2. The SMILES string of the molecule is CCC=CCC=CCCC(=O)N[C@@H](CCCN=C(N)N)C(=O)NC(C(=O)N[C@@H](CCCN=C(N)N)C(=O)NCc1ccc(C(=N)N)cc1)C(C)C. The molecule has 0 aliphatic heterocycles. The van der Waals surface area contributed by atoms with Gasteiger partial charge in [0.1, 0.15) is 24.0 Å². The van der Waals surface area contributed by atoms with Crippen LogP contribution in [0.4, 0.5) is 0 Å². The third-order valence-corrected chi connectivity index (χ3v) is 7.53. The number of carbonyl (C=O) groups is 4. The van der Waals surface area contributed by atoms with Crippen molar-refractivity contribution >= 4 is 41.4 Å². The standard InChI is InChI=1S/C35H58N12O4/c1-4-5-6-7-8-9-10-15-28(48)45-27(14-12-21-43-35(40)41)32(50)47-29(23(2)3)33(51)46-26(13-11-20-42-34(38)39)31(49)44-22-24-16-18-25(19-17-24)30(36)37/h5-6,8-9,16-19,23,26-27,29H,4,7,10-15,20-22H2,1-3H3,(H3,36,37)(H,44,49)(H,45,48)(H,46,51)(H,47,50)(H4,38,39,42)(H4,40,41,43)/t26-,27-,29?/m0/s1. The Balaban J connectivity index is 3.05. The lowest BCUT2D eigenvalue weighted by atomic mass is 10.0. The number of carbonyl (C=O) groups excluding carboxylic acids is 4. The molecule has 282 valence electrons. The average molecular weight is 711 g/mol. The molecule has 0 fully saturated rings. The van der Waals surface area contributed by atoms with Crippen molar-refractivity contribution in [3.8, 4) is 0 Å². The van der Waals surface area contributed by atoms with E-state index in [1.807, 2.05) is 18.2 Å². The number of nitrogens with two attached hydrogens (primary N) is 5. The first-order valence-corrected chi connectivity index (χ1v) is 17.3. The van der Waals surface area contributed by atoms with Gasteiger partial charge in [0.25, 0.3) is 0 Å². The molecule has 3 atom stereocenters. The third kappa shape index (κ3) is 19.4. The number of allylic oxidation sites excluding steroid dienone is 4. The number of hydrogen-bond donors (Lipinski definition) is 10. The summed E-state index contributed by atoms with van der Waals surface area (Å²) in [6, 6.07) is 3.88. The Morgan fingerprint density at radius 2 is 1.33 bits per heavy atom. The van der Waals surface area contributed by atoms with E-state index in [0.717, 1.165) is 18.4 Å². The quantitative estimate of drug-likeness (QED) is 0.0309. The van der Waals surface area contributed by atoms with Gasteiger partial charge in [-0.2, -0.15) is 0 Å². The number of nitrogens with one attached hydrogen (secondary N) is 5. The van der Waals surface area contributed by atoms with Crippen molar-refractivity contribution in [2.24, 2.45) is 44.6 Å². The van der Waals surface area contributed by atoms with Gasteiger partial charge in [-0.25, -0.2) is 0 Å². The molecule has 0 heterocycles. The van der Waals surface area contributed by atoms with Crippen molar-refractivity contribution in [2.75, 3.05) is 13.1 Å². The smallest absolute Gasteiger partial charge is 0.243 e. The molecule has 1 aromatic rings. The van der Waals surface area contributed by atoms with Crippen molar-refractivity contribution in [1.29, 1.82) is 5.41 Å². The third-order valence-electron chi connectivity index (χ3n) is 7.53. The summed E-state index contributed by atoms with van der Waals surface area (Å²) in [5, 5.41) is 18.7. The van der Waals surface area contributed by atoms with Crippen molar-refractivity contribution in [3.05, 3.63) is 59.7 Å². The van der Waals surface area contributed by atoms with E-state index in [-0.39, 0.29) is 68.5 Å². The van der Waals surface area contributed by atoms with Crippen LogP contribution in [0.3, 0.4) is 0 Å². The Morgan fingerprint density at radius 1 is 0.765 bits per heavy atom.